The van der Waals surface area contributed by atoms with Crippen molar-refractivity contribution >= 4 is 16.2 Å². The Morgan fingerprint density at radius 2 is 1.62 bits per heavy atom. The third-order valence-electron chi connectivity index (χ3n) is 1.78. The van der Waals surface area contributed by atoms with Crippen molar-refractivity contribution in [2.45, 2.75) is 46.7 Å². The third-order valence-corrected chi connectivity index (χ3v) is 3.10. The van der Waals surface area contributed by atoms with Crippen LogP contribution in [0.1, 0.15) is 34.6 Å². The molecule has 0 heterocycles. The fourth-order valence-electron chi connectivity index (χ4n) is 1.10. The average molecular weight is 252 g/mol. The lowest BCUT2D eigenvalue weighted by molar-refractivity contribution is -0.141. The Balaban J connectivity index is 4.85. The number of carbonyl (C=O) groups is 1. The molecule has 0 bridgehead atoms. The van der Waals surface area contributed by atoms with Gasteiger partial charge < -0.3 is 5.11 Å². The smallest absolute Gasteiger partial charge is 0.322 e. The number of carboxylic acids is 1. The van der Waals surface area contributed by atoms with Crippen LogP contribution in [0.25, 0.3) is 0 Å². The van der Waals surface area contributed by atoms with Crippen LogP contribution in [0, 0.1) is 5.41 Å². The molecule has 0 aromatic heterocycles. The molecule has 6 nitrogen and oxygen atoms in total. The van der Waals surface area contributed by atoms with Gasteiger partial charge in [0.2, 0.25) is 0 Å². The van der Waals surface area contributed by atoms with E-state index in [0.717, 1.165) is 0 Å². The first-order valence-electron chi connectivity index (χ1n) is 4.98. The van der Waals surface area contributed by atoms with Crippen LogP contribution in [0.2, 0.25) is 0 Å². The molecule has 0 aliphatic heterocycles. The summed E-state index contributed by atoms with van der Waals surface area (Å²) in [5.41, 5.74) is -0.697. The van der Waals surface area contributed by atoms with Gasteiger partial charge in [-0.15, -0.1) is 0 Å². The van der Waals surface area contributed by atoms with Crippen molar-refractivity contribution < 1.29 is 18.3 Å². The fourth-order valence-corrected chi connectivity index (χ4v) is 2.55. The normalized spacial score (nSPS) is 15.1. The molecule has 1 atom stereocenters. The van der Waals surface area contributed by atoms with Crippen molar-refractivity contribution in [3.63, 3.8) is 0 Å². The lowest BCUT2D eigenvalue weighted by Gasteiger charge is -2.27. The maximum absolute atomic E-state index is 11.5. The van der Waals surface area contributed by atoms with Gasteiger partial charge >= 0.3 is 5.97 Å². The highest BCUT2D eigenvalue weighted by Gasteiger charge is 2.34. The van der Waals surface area contributed by atoms with E-state index in [1.807, 2.05) is 0 Å². The summed E-state index contributed by atoms with van der Waals surface area (Å²) in [4.78, 5) is 11.0. The van der Waals surface area contributed by atoms with Crippen LogP contribution in [0.15, 0.2) is 0 Å². The number of hydrogen-bond acceptors (Lipinski definition) is 3. The fraction of sp³-hybridized carbons (Fsp3) is 0.889. The van der Waals surface area contributed by atoms with Gasteiger partial charge in [-0.05, 0) is 19.3 Å². The molecule has 0 saturated heterocycles. The molecule has 0 spiro atoms. The zero-order chi connectivity index (χ0) is 13.1. The molecule has 0 radical (unpaired) electrons. The predicted molar refractivity (Wildman–Crippen MR) is 61.2 cm³/mol. The second-order valence-corrected chi connectivity index (χ2v) is 6.51. The molecule has 0 unspecified atom stereocenters. The van der Waals surface area contributed by atoms with E-state index in [1.54, 1.807) is 34.6 Å². The van der Waals surface area contributed by atoms with Gasteiger partial charge in [0.1, 0.15) is 6.04 Å². The van der Waals surface area contributed by atoms with Crippen LogP contribution in [-0.2, 0) is 15.0 Å². The topological polar surface area (TPSA) is 95.5 Å². The molecule has 0 aromatic carbocycles. The summed E-state index contributed by atoms with van der Waals surface area (Å²) in [5.74, 6) is -1.19. The highest BCUT2D eigenvalue weighted by molar-refractivity contribution is 7.87. The van der Waals surface area contributed by atoms with Crippen molar-refractivity contribution in [1.29, 1.82) is 0 Å². The minimum atomic E-state index is -3.79. The van der Waals surface area contributed by atoms with Crippen molar-refractivity contribution in [3.8, 4) is 0 Å². The van der Waals surface area contributed by atoms with Gasteiger partial charge in [0.25, 0.3) is 10.2 Å². The summed E-state index contributed by atoms with van der Waals surface area (Å²) in [6, 6.07) is -1.45. The lowest BCUT2D eigenvalue weighted by atomic mass is 9.88. The SMILES string of the molecule is CC(C)NS(=O)(=O)N[C@@H](C(=O)O)C(C)(C)C. The maximum atomic E-state index is 11.5. The number of hydrogen-bond donors (Lipinski definition) is 3. The van der Waals surface area contributed by atoms with Crippen LogP contribution in [0.3, 0.4) is 0 Å². The molecule has 0 amide bonds. The van der Waals surface area contributed by atoms with Crippen LogP contribution < -0.4 is 9.44 Å². The summed E-state index contributed by atoms with van der Waals surface area (Å²) in [6.45, 7) is 8.29. The Kier molecular flexibility index (Phi) is 4.90. The maximum Gasteiger partial charge on any atom is 0.322 e. The van der Waals surface area contributed by atoms with Crippen LogP contribution in [0.5, 0.6) is 0 Å². The molecule has 0 fully saturated rings. The zero-order valence-electron chi connectivity index (χ0n) is 10.2. The molecular weight excluding hydrogens is 232 g/mol. The molecule has 0 saturated carbocycles. The highest BCUT2D eigenvalue weighted by atomic mass is 32.2. The molecule has 0 aliphatic carbocycles. The van der Waals surface area contributed by atoms with Crippen molar-refractivity contribution in [2.24, 2.45) is 5.41 Å². The molecule has 16 heavy (non-hydrogen) atoms. The predicted octanol–water partition coefficient (Wildman–Crippen LogP) is 0.318. The van der Waals surface area contributed by atoms with E-state index in [1.165, 1.54) is 0 Å². The molecular formula is C9H20N2O4S. The van der Waals surface area contributed by atoms with Gasteiger partial charge in [0.05, 0.1) is 0 Å². The van der Waals surface area contributed by atoms with Crippen molar-refractivity contribution in [2.75, 3.05) is 0 Å². The lowest BCUT2D eigenvalue weighted by Crippen LogP contribution is -2.53. The molecule has 96 valence electrons. The highest BCUT2D eigenvalue weighted by Crippen LogP contribution is 2.19. The second kappa shape index (κ2) is 5.11. The van der Waals surface area contributed by atoms with Crippen LogP contribution >= 0.6 is 0 Å². The van der Waals surface area contributed by atoms with Gasteiger partial charge in [0, 0.05) is 6.04 Å². The molecule has 3 N–H and O–H groups in total. The van der Waals surface area contributed by atoms with E-state index in [0.29, 0.717) is 0 Å². The van der Waals surface area contributed by atoms with E-state index in [2.05, 4.69) is 9.44 Å². The number of rotatable bonds is 5. The Labute approximate surface area is 96.6 Å². The van der Waals surface area contributed by atoms with E-state index >= 15 is 0 Å². The third kappa shape index (κ3) is 5.43. The van der Waals surface area contributed by atoms with Gasteiger partial charge in [-0.2, -0.15) is 17.9 Å². The molecule has 0 aromatic rings. The number of nitrogens with one attached hydrogen (secondary N) is 2. The van der Waals surface area contributed by atoms with Gasteiger partial charge in [0.15, 0.2) is 0 Å². The van der Waals surface area contributed by atoms with Crippen molar-refractivity contribution in [3.05, 3.63) is 0 Å². The van der Waals surface area contributed by atoms with Crippen LogP contribution in [0.4, 0.5) is 0 Å². The Morgan fingerprint density at radius 3 is 1.88 bits per heavy atom. The van der Waals surface area contributed by atoms with E-state index < -0.39 is 27.6 Å². The van der Waals surface area contributed by atoms with Gasteiger partial charge in [-0.3, -0.25) is 4.79 Å². The van der Waals surface area contributed by atoms with E-state index in [-0.39, 0.29) is 6.04 Å². The quantitative estimate of drug-likeness (QED) is 0.656. The standard InChI is InChI=1S/C9H20N2O4S/c1-6(2)10-16(14,15)11-7(8(12)13)9(3,4)5/h6-7,10-11H,1-5H3,(H,12,13)/t7-/m0/s1. The minimum absolute atomic E-state index is 0.285. The minimum Gasteiger partial charge on any atom is -0.480 e. The first kappa shape index (κ1) is 15.3. The zero-order valence-corrected chi connectivity index (χ0v) is 11.1. The second-order valence-electron chi connectivity index (χ2n) is 5.03. The summed E-state index contributed by atoms with van der Waals surface area (Å²) >= 11 is 0. The largest absolute Gasteiger partial charge is 0.480 e. The summed E-state index contributed by atoms with van der Waals surface area (Å²) < 4.78 is 27.4. The van der Waals surface area contributed by atoms with E-state index in [9.17, 15) is 13.2 Å². The van der Waals surface area contributed by atoms with Crippen LogP contribution in [-0.4, -0.2) is 31.6 Å². The molecule has 0 rings (SSSR count). The van der Waals surface area contributed by atoms with Crippen molar-refractivity contribution in [1.82, 2.24) is 9.44 Å². The first-order valence-corrected chi connectivity index (χ1v) is 6.46. The Hall–Kier alpha value is -0.660. The average Bonchev–Trinajstić information content (AvgIpc) is 1.94. The first-order chi connectivity index (χ1) is 6.96. The summed E-state index contributed by atoms with van der Waals surface area (Å²) in [6.07, 6.45) is 0. The summed E-state index contributed by atoms with van der Waals surface area (Å²) in [5, 5.41) is 8.95. The Bertz CT molecular complexity index is 343. The van der Waals surface area contributed by atoms with E-state index in [4.69, 9.17) is 5.11 Å². The summed E-state index contributed by atoms with van der Waals surface area (Å²) in [7, 11) is -3.79. The molecule has 7 heteroatoms. The number of carboxylic acid groups (broad SMARTS) is 1. The number of aliphatic carboxylic acids is 1. The molecule has 0 aliphatic rings. The monoisotopic (exact) mass is 252 g/mol. The van der Waals surface area contributed by atoms with Gasteiger partial charge in [-0.1, -0.05) is 20.8 Å². The van der Waals surface area contributed by atoms with Gasteiger partial charge in [-0.25, -0.2) is 0 Å². The Morgan fingerprint density at radius 1 is 1.19 bits per heavy atom.